The summed E-state index contributed by atoms with van der Waals surface area (Å²) in [6.07, 6.45) is 10.3. The van der Waals surface area contributed by atoms with Crippen LogP contribution in [0.3, 0.4) is 0 Å². The van der Waals surface area contributed by atoms with Crippen molar-refractivity contribution in [2.45, 2.75) is 39.3 Å². The predicted molar refractivity (Wildman–Crippen MR) is 75.9 cm³/mol. The topological polar surface area (TPSA) is 54.8 Å². The van der Waals surface area contributed by atoms with E-state index in [1.54, 1.807) is 12.4 Å². The van der Waals surface area contributed by atoms with Crippen molar-refractivity contribution in [2.24, 2.45) is 0 Å². The first-order valence-electron chi connectivity index (χ1n) is 7.16. The molecule has 0 fully saturated rings. The molecular formula is C15H19N5. The largest absolute Gasteiger partial charge is 0.293 e. The SMILES string of the molecule is CCCc1ncc2c(n1)CCN(Cc1cnccn1)C2. The summed E-state index contributed by atoms with van der Waals surface area (Å²) in [5.74, 6) is 0.980. The molecule has 0 radical (unpaired) electrons. The maximum atomic E-state index is 4.68. The Kier molecular flexibility index (Phi) is 3.97. The van der Waals surface area contributed by atoms with Gasteiger partial charge in [-0.1, -0.05) is 6.92 Å². The molecular weight excluding hydrogens is 250 g/mol. The van der Waals surface area contributed by atoms with Gasteiger partial charge in [-0.3, -0.25) is 14.9 Å². The van der Waals surface area contributed by atoms with Crippen molar-refractivity contribution in [3.8, 4) is 0 Å². The van der Waals surface area contributed by atoms with Gasteiger partial charge in [0.15, 0.2) is 0 Å². The Morgan fingerprint density at radius 3 is 2.95 bits per heavy atom. The highest BCUT2D eigenvalue weighted by molar-refractivity contribution is 5.20. The Labute approximate surface area is 119 Å². The second kappa shape index (κ2) is 6.05. The average Bonchev–Trinajstić information content (AvgIpc) is 2.49. The molecule has 0 spiro atoms. The van der Waals surface area contributed by atoms with Gasteiger partial charge < -0.3 is 0 Å². The van der Waals surface area contributed by atoms with Gasteiger partial charge in [0.1, 0.15) is 5.82 Å². The van der Waals surface area contributed by atoms with Crippen LogP contribution < -0.4 is 0 Å². The van der Waals surface area contributed by atoms with Gasteiger partial charge in [-0.05, 0) is 6.42 Å². The second-order valence-electron chi connectivity index (χ2n) is 5.17. The molecule has 0 aliphatic carbocycles. The van der Waals surface area contributed by atoms with Crippen LogP contribution in [0.15, 0.2) is 24.8 Å². The van der Waals surface area contributed by atoms with Crippen molar-refractivity contribution in [1.29, 1.82) is 0 Å². The third-order valence-corrected chi connectivity index (χ3v) is 3.54. The predicted octanol–water partition coefficient (Wildman–Crippen LogP) is 1.78. The van der Waals surface area contributed by atoms with Crippen molar-refractivity contribution < 1.29 is 0 Å². The van der Waals surface area contributed by atoms with Gasteiger partial charge in [-0.15, -0.1) is 0 Å². The fourth-order valence-electron chi connectivity index (χ4n) is 2.54. The Morgan fingerprint density at radius 1 is 1.20 bits per heavy atom. The highest BCUT2D eigenvalue weighted by atomic mass is 15.1. The maximum Gasteiger partial charge on any atom is 0.128 e. The maximum absolute atomic E-state index is 4.68. The molecule has 0 saturated carbocycles. The lowest BCUT2D eigenvalue weighted by atomic mass is 10.1. The zero-order valence-electron chi connectivity index (χ0n) is 11.8. The van der Waals surface area contributed by atoms with Gasteiger partial charge in [0.25, 0.3) is 0 Å². The molecule has 0 aromatic carbocycles. The Bertz CT molecular complexity index is 570. The number of aryl methyl sites for hydroxylation is 1. The number of hydrogen-bond donors (Lipinski definition) is 0. The molecule has 0 bridgehead atoms. The van der Waals surface area contributed by atoms with Crippen LogP contribution in [0.25, 0.3) is 0 Å². The van der Waals surface area contributed by atoms with Crippen LogP contribution in [-0.2, 0) is 25.9 Å². The van der Waals surface area contributed by atoms with Crippen molar-refractivity contribution in [2.75, 3.05) is 6.54 Å². The van der Waals surface area contributed by atoms with Crippen molar-refractivity contribution in [3.05, 3.63) is 47.6 Å². The van der Waals surface area contributed by atoms with Gasteiger partial charge >= 0.3 is 0 Å². The van der Waals surface area contributed by atoms with E-state index in [-0.39, 0.29) is 0 Å². The first kappa shape index (κ1) is 13.1. The lowest BCUT2D eigenvalue weighted by Gasteiger charge is -2.27. The van der Waals surface area contributed by atoms with E-state index in [2.05, 4.69) is 31.8 Å². The highest BCUT2D eigenvalue weighted by Gasteiger charge is 2.18. The van der Waals surface area contributed by atoms with E-state index in [1.807, 2.05) is 12.4 Å². The number of rotatable bonds is 4. The molecule has 1 aliphatic heterocycles. The fraction of sp³-hybridized carbons (Fsp3) is 0.467. The summed E-state index contributed by atoms with van der Waals surface area (Å²) in [6, 6.07) is 0. The molecule has 2 aromatic rings. The van der Waals surface area contributed by atoms with Crippen LogP contribution in [-0.4, -0.2) is 31.4 Å². The van der Waals surface area contributed by atoms with Gasteiger partial charge in [0.2, 0.25) is 0 Å². The monoisotopic (exact) mass is 269 g/mol. The van der Waals surface area contributed by atoms with Gasteiger partial charge in [0.05, 0.1) is 5.69 Å². The quantitative estimate of drug-likeness (QED) is 0.847. The molecule has 2 aromatic heterocycles. The molecule has 0 N–H and O–H groups in total. The van der Waals surface area contributed by atoms with Gasteiger partial charge in [-0.25, -0.2) is 9.97 Å². The van der Waals surface area contributed by atoms with Crippen molar-refractivity contribution in [1.82, 2.24) is 24.8 Å². The van der Waals surface area contributed by atoms with E-state index in [1.165, 1.54) is 11.3 Å². The standard InChI is InChI=1S/C15H19N5/c1-2-3-15-18-8-12-10-20(7-4-14(12)19-15)11-13-9-16-5-6-17-13/h5-6,8-9H,2-4,7,10-11H2,1H3. The Balaban J connectivity index is 1.69. The summed E-state index contributed by atoms with van der Waals surface area (Å²) in [5, 5.41) is 0. The second-order valence-corrected chi connectivity index (χ2v) is 5.17. The minimum absolute atomic E-state index is 0.837. The van der Waals surface area contributed by atoms with E-state index in [0.717, 1.165) is 50.4 Å². The van der Waals surface area contributed by atoms with Crippen LogP contribution in [0, 0.1) is 0 Å². The molecule has 0 atom stereocenters. The summed E-state index contributed by atoms with van der Waals surface area (Å²) in [7, 11) is 0. The molecule has 104 valence electrons. The molecule has 0 saturated heterocycles. The first-order chi connectivity index (χ1) is 9.85. The number of aromatic nitrogens is 4. The van der Waals surface area contributed by atoms with E-state index < -0.39 is 0 Å². The number of hydrogen-bond acceptors (Lipinski definition) is 5. The molecule has 20 heavy (non-hydrogen) atoms. The minimum atomic E-state index is 0.837. The normalized spacial score (nSPS) is 15.1. The summed E-state index contributed by atoms with van der Waals surface area (Å²) < 4.78 is 0. The van der Waals surface area contributed by atoms with Crippen LogP contribution in [0.4, 0.5) is 0 Å². The zero-order valence-corrected chi connectivity index (χ0v) is 11.8. The summed E-state index contributed by atoms with van der Waals surface area (Å²) >= 11 is 0. The molecule has 3 heterocycles. The van der Waals surface area contributed by atoms with Crippen molar-refractivity contribution in [3.63, 3.8) is 0 Å². The third kappa shape index (κ3) is 2.99. The van der Waals surface area contributed by atoms with E-state index in [0.29, 0.717) is 0 Å². The van der Waals surface area contributed by atoms with Crippen LogP contribution in [0.2, 0.25) is 0 Å². The average molecular weight is 269 g/mol. The molecule has 1 aliphatic rings. The van der Waals surface area contributed by atoms with E-state index >= 15 is 0 Å². The van der Waals surface area contributed by atoms with Crippen LogP contribution in [0.5, 0.6) is 0 Å². The van der Waals surface area contributed by atoms with Gasteiger partial charge in [0, 0.05) is 68.5 Å². The Morgan fingerprint density at radius 2 is 2.15 bits per heavy atom. The lowest BCUT2D eigenvalue weighted by molar-refractivity contribution is 0.239. The van der Waals surface area contributed by atoms with Crippen LogP contribution in [0.1, 0.15) is 36.1 Å². The summed E-state index contributed by atoms with van der Waals surface area (Å²) in [6.45, 7) is 4.92. The Hall–Kier alpha value is -1.88. The number of fused-ring (bicyclic) bond motifs is 1. The minimum Gasteiger partial charge on any atom is -0.293 e. The molecule has 5 heteroatoms. The molecule has 0 amide bonds. The van der Waals surface area contributed by atoms with Gasteiger partial charge in [-0.2, -0.15) is 0 Å². The zero-order chi connectivity index (χ0) is 13.8. The highest BCUT2D eigenvalue weighted by Crippen LogP contribution is 2.18. The molecule has 5 nitrogen and oxygen atoms in total. The fourth-order valence-corrected chi connectivity index (χ4v) is 2.54. The summed E-state index contributed by atoms with van der Waals surface area (Å²) in [4.78, 5) is 20.0. The smallest absolute Gasteiger partial charge is 0.128 e. The molecule has 0 unspecified atom stereocenters. The number of nitrogens with zero attached hydrogens (tertiary/aromatic N) is 5. The van der Waals surface area contributed by atoms with Crippen LogP contribution >= 0.6 is 0 Å². The van der Waals surface area contributed by atoms with Crippen molar-refractivity contribution >= 4 is 0 Å². The lowest BCUT2D eigenvalue weighted by Crippen LogP contribution is -2.31. The summed E-state index contributed by atoms with van der Waals surface area (Å²) in [5.41, 5.74) is 3.48. The third-order valence-electron chi connectivity index (χ3n) is 3.54. The van der Waals surface area contributed by atoms with E-state index in [4.69, 9.17) is 0 Å². The molecule has 3 rings (SSSR count). The first-order valence-corrected chi connectivity index (χ1v) is 7.16. The van der Waals surface area contributed by atoms with E-state index in [9.17, 15) is 0 Å².